The molecule has 1 amide bonds. The van der Waals surface area contributed by atoms with Gasteiger partial charge in [-0.05, 0) is 13.3 Å². The molecule has 0 aromatic carbocycles. The fourth-order valence-corrected chi connectivity index (χ4v) is 2.09. The first-order valence-electron chi connectivity index (χ1n) is 6.17. The zero-order valence-electron chi connectivity index (χ0n) is 11.4. The maximum Gasteiger partial charge on any atom is 0.302 e. The SMILES string of the molecule is CC(=O)O[C@@H](C1C=CC=CC1)[C@H](C)N(C)C(C)=O. The molecule has 0 fully saturated rings. The summed E-state index contributed by atoms with van der Waals surface area (Å²) < 4.78 is 5.40. The lowest BCUT2D eigenvalue weighted by atomic mass is 9.90. The minimum absolute atomic E-state index is 0.0324. The van der Waals surface area contributed by atoms with Crippen LogP contribution in [-0.2, 0) is 14.3 Å². The van der Waals surface area contributed by atoms with Crippen LogP contribution in [0.15, 0.2) is 24.3 Å². The number of rotatable bonds is 4. The van der Waals surface area contributed by atoms with Crippen LogP contribution < -0.4 is 0 Å². The normalized spacial score (nSPS) is 21.2. The van der Waals surface area contributed by atoms with E-state index in [0.29, 0.717) is 0 Å². The first-order valence-corrected chi connectivity index (χ1v) is 6.17. The van der Waals surface area contributed by atoms with Crippen molar-refractivity contribution < 1.29 is 14.3 Å². The summed E-state index contributed by atoms with van der Waals surface area (Å²) in [7, 11) is 1.73. The second kappa shape index (κ2) is 6.38. The Bertz CT molecular complexity index is 373. The fraction of sp³-hybridized carbons (Fsp3) is 0.571. The molecule has 1 unspecified atom stereocenters. The van der Waals surface area contributed by atoms with Gasteiger partial charge in [0.1, 0.15) is 6.10 Å². The van der Waals surface area contributed by atoms with Gasteiger partial charge in [0.15, 0.2) is 0 Å². The second-order valence-corrected chi connectivity index (χ2v) is 4.66. The van der Waals surface area contributed by atoms with Crippen LogP contribution in [0.5, 0.6) is 0 Å². The molecule has 0 aliphatic heterocycles. The second-order valence-electron chi connectivity index (χ2n) is 4.66. The quantitative estimate of drug-likeness (QED) is 0.717. The van der Waals surface area contributed by atoms with Gasteiger partial charge < -0.3 is 9.64 Å². The van der Waals surface area contributed by atoms with Gasteiger partial charge in [0, 0.05) is 26.8 Å². The number of nitrogens with zero attached hydrogens (tertiary/aromatic N) is 1. The van der Waals surface area contributed by atoms with Crippen molar-refractivity contribution in [3.05, 3.63) is 24.3 Å². The van der Waals surface area contributed by atoms with Gasteiger partial charge in [-0.2, -0.15) is 0 Å². The lowest BCUT2D eigenvalue weighted by Crippen LogP contribution is -2.46. The van der Waals surface area contributed by atoms with Crippen molar-refractivity contribution in [1.82, 2.24) is 4.90 Å². The topological polar surface area (TPSA) is 46.6 Å². The molecule has 100 valence electrons. The lowest BCUT2D eigenvalue weighted by molar-refractivity contribution is -0.154. The molecule has 1 rings (SSSR count). The van der Waals surface area contributed by atoms with E-state index in [1.165, 1.54) is 13.8 Å². The van der Waals surface area contributed by atoms with E-state index in [1.807, 2.05) is 31.2 Å². The van der Waals surface area contributed by atoms with Gasteiger partial charge in [0.05, 0.1) is 6.04 Å². The van der Waals surface area contributed by atoms with E-state index in [0.717, 1.165) is 6.42 Å². The Balaban J connectivity index is 2.83. The third-order valence-electron chi connectivity index (χ3n) is 3.32. The number of carbonyl (C=O) groups excluding carboxylic acids is 2. The van der Waals surface area contributed by atoms with Crippen LogP contribution in [-0.4, -0.2) is 36.0 Å². The smallest absolute Gasteiger partial charge is 0.302 e. The highest BCUT2D eigenvalue weighted by Gasteiger charge is 2.31. The van der Waals surface area contributed by atoms with E-state index in [2.05, 4.69) is 0 Å². The van der Waals surface area contributed by atoms with Crippen molar-refractivity contribution in [2.45, 2.75) is 39.3 Å². The van der Waals surface area contributed by atoms with Crippen molar-refractivity contribution in [1.29, 1.82) is 0 Å². The van der Waals surface area contributed by atoms with Crippen molar-refractivity contribution in [3.8, 4) is 0 Å². The van der Waals surface area contributed by atoms with E-state index < -0.39 is 0 Å². The minimum Gasteiger partial charge on any atom is -0.460 e. The van der Waals surface area contributed by atoms with Crippen molar-refractivity contribution >= 4 is 11.9 Å². The number of hydrogen-bond acceptors (Lipinski definition) is 3. The average Bonchev–Trinajstić information content (AvgIpc) is 2.35. The van der Waals surface area contributed by atoms with E-state index in [4.69, 9.17) is 4.74 Å². The van der Waals surface area contributed by atoms with Gasteiger partial charge in [-0.3, -0.25) is 9.59 Å². The average molecular weight is 251 g/mol. The number of amides is 1. The summed E-state index contributed by atoms with van der Waals surface area (Å²) in [6.45, 7) is 4.81. The highest BCUT2D eigenvalue weighted by atomic mass is 16.5. The molecule has 4 heteroatoms. The van der Waals surface area contributed by atoms with E-state index in [9.17, 15) is 9.59 Å². The largest absolute Gasteiger partial charge is 0.460 e. The summed E-state index contributed by atoms with van der Waals surface area (Å²) in [6.07, 6.45) is 8.51. The Kier molecular flexibility index (Phi) is 5.13. The summed E-state index contributed by atoms with van der Waals surface area (Å²) in [5.41, 5.74) is 0. The molecule has 3 atom stereocenters. The minimum atomic E-state index is -0.313. The number of likely N-dealkylation sites (N-methyl/N-ethyl adjacent to an activating group) is 1. The number of carbonyl (C=O) groups is 2. The molecule has 0 aromatic rings. The number of allylic oxidation sites excluding steroid dienone is 3. The highest BCUT2D eigenvalue weighted by Crippen LogP contribution is 2.23. The first-order chi connectivity index (χ1) is 8.43. The molecule has 0 bridgehead atoms. The van der Waals surface area contributed by atoms with Crippen LogP contribution in [0.1, 0.15) is 27.2 Å². The molecule has 0 aromatic heterocycles. The molecule has 4 nitrogen and oxygen atoms in total. The number of esters is 1. The van der Waals surface area contributed by atoms with Crippen LogP contribution in [0, 0.1) is 5.92 Å². The maximum absolute atomic E-state index is 11.4. The molecule has 0 saturated carbocycles. The Morgan fingerprint density at radius 3 is 2.44 bits per heavy atom. The summed E-state index contributed by atoms with van der Waals surface area (Å²) in [5.74, 6) is -0.225. The van der Waals surface area contributed by atoms with Crippen molar-refractivity contribution in [2.24, 2.45) is 5.92 Å². The summed E-state index contributed by atoms with van der Waals surface area (Å²) in [4.78, 5) is 24.2. The first kappa shape index (κ1) is 14.5. The molecule has 0 N–H and O–H groups in total. The molecular formula is C14H21NO3. The molecule has 0 spiro atoms. The van der Waals surface area contributed by atoms with Crippen molar-refractivity contribution in [3.63, 3.8) is 0 Å². The Hall–Kier alpha value is -1.58. The van der Waals surface area contributed by atoms with Crippen LogP contribution in [0.3, 0.4) is 0 Å². The van der Waals surface area contributed by atoms with Gasteiger partial charge in [-0.1, -0.05) is 24.3 Å². The summed E-state index contributed by atoms with van der Waals surface area (Å²) in [6, 6.07) is -0.146. The highest BCUT2D eigenvalue weighted by molar-refractivity contribution is 5.73. The summed E-state index contributed by atoms with van der Waals surface area (Å²) in [5, 5.41) is 0. The van der Waals surface area contributed by atoms with Gasteiger partial charge in [0.2, 0.25) is 5.91 Å². The Labute approximate surface area is 108 Å². The molecule has 1 aliphatic carbocycles. The molecule has 1 aliphatic rings. The lowest BCUT2D eigenvalue weighted by Gasteiger charge is -2.34. The number of hydrogen-bond donors (Lipinski definition) is 0. The van der Waals surface area contributed by atoms with Crippen LogP contribution in [0.4, 0.5) is 0 Å². The van der Waals surface area contributed by atoms with E-state index in [1.54, 1.807) is 11.9 Å². The molecular weight excluding hydrogens is 230 g/mol. The summed E-state index contributed by atoms with van der Waals surface area (Å²) >= 11 is 0. The molecule has 0 saturated heterocycles. The zero-order chi connectivity index (χ0) is 13.7. The molecule has 0 heterocycles. The van der Waals surface area contributed by atoms with Gasteiger partial charge >= 0.3 is 5.97 Å². The third-order valence-corrected chi connectivity index (χ3v) is 3.32. The Morgan fingerprint density at radius 1 is 1.33 bits per heavy atom. The van der Waals surface area contributed by atoms with Crippen LogP contribution in [0.2, 0.25) is 0 Å². The zero-order valence-corrected chi connectivity index (χ0v) is 11.4. The third kappa shape index (κ3) is 3.72. The standard InChI is InChI=1S/C14H21NO3/c1-10(15(4)11(2)16)14(18-12(3)17)13-8-6-5-7-9-13/h5-8,10,13-14H,9H2,1-4H3/t10-,13?,14+/m0/s1. The van der Waals surface area contributed by atoms with Gasteiger partial charge in [-0.25, -0.2) is 0 Å². The van der Waals surface area contributed by atoms with Gasteiger partial charge in [0.25, 0.3) is 0 Å². The van der Waals surface area contributed by atoms with E-state index >= 15 is 0 Å². The number of ether oxygens (including phenoxy) is 1. The van der Waals surface area contributed by atoms with Crippen molar-refractivity contribution in [2.75, 3.05) is 7.05 Å². The Morgan fingerprint density at radius 2 is 2.00 bits per heavy atom. The fourth-order valence-electron chi connectivity index (χ4n) is 2.09. The van der Waals surface area contributed by atoms with Crippen LogP contribution in [0.25, 0.3) is 0 Å². The van der Waals surface area contributed by atoms with E-state index in [-0.39, 0.29) is 29.9 Å². The van der Waals surface area contributed by atoms with Crippen LogP contribution >= 0.6 is 0 Å². The molecule has 18 heavy (non-hydrogen) atoms. The maximum atomic E-state index is 11.4. The monoisotopic (exact) mass is 251 g/mol. The molecule has 0 radical (unpaired) electrons. The van der Waals surface area contributed by atoms with Gasteiger partial charge in [-0.15, -0.1) is 0 Å². The predicted octanol–water partition coefficient (Wildman–Crippen LogP) is 1.92. The predicted molar refractivity (Wildman–Crippen MR) is 69.8 cm³/mol.